The number of hydrogen-bond donors (Lipinski definition) is 0. The fraction of sp³-hybridized carbons (Fsp3) is 0.875. The van der Waals surface area contributed by atoms with Crippen molar-refractivity contribution in [2.24, 2.45) is 46.3 Å². The van der Waals surface area contributed by atoms with Crippen molar-refractivity contribution >= 4 is 17.5 Å². The summed E-state index contributed by atoms with van der Waals surface area (Å²) in [7, 11) is 0. The molecule has 5 heteroatoms. The van der Waals surface area contributed by atoms with Gasteiger partial charge in [0.2, 0.25) is 0 Å². The number of carbonyl (C=O) groups is 3. The predicted molar refractivity (Wildman–Crippen MR) is 104 cm³/mol. The quantitative estimate of drug-likeness (QED) is 0.635. The summed E-state index contributed by atoms with van der Waals surface area (Å²) in [6, 6.07) is 0. The number of carboxylic acid groups (broad SMARTS) is 1. The first-order valence-corrected chi connectivity index (χ1v) is 11.4. The number of hydrogen-bond acceptors (Lipinski definition) is 4. The van der Waals surface area contributed by atoms with E-state index in [0.717, 1.165) is 38.5 Å². The van der Waals surface area contributed by atoms with Crippen molar-refractivity contribution in [3.8, 4) is 0 Å². The minimum Gasteiger partial charge on any atom is -0.550 e. The van der Waals surface area contributed by atoms with Crippen LogP contribution in [0, 0.1) is 46.3 Å². The van der Waals surface area contributed by atoms with Gasteiger partial charge in [-0.25, -0.2) is 0 Å². The zero-order valence-electron chi connectivity index (χ0n) is 18.7. The molecule has 8 atom stereocenters. The van der Waals surface area contributed by atoms with Gasteiger partial charge in [0.25, 0.3) is 0 Å². The number of rotatable bonds is 4. The Kier molecular flexibility index (Phi) is 6.79. The first-order valence-electron chi connectivity index (χ1n) is 11.4. The van der Waals surface area contributed by atoms with E-state index >= 15 is 0 Å². The maximum absolute atomic E-state index is 13.6. The molecule has 0 aromatic carbocycles. The number of ketones is 2. The molecule has 0 saturated heterocycles. The maximum Gasteiger partial charge on any atom is 1.00 e. The van der Waals surface area contributed by atoms with Crippen LogP contribution in [0.15, 0.2) is 0 Å². The monoisotopic (exact) mass is 410 g/mol. The van der Waals surface area contributed by atoms with Crippen LogP contribution in [0.25, 0.3) is 0 Å². The first-order chi connectivity index (χ1) is 13.2. The van der Waals surface area contributed by atoms with Crippen LogP contribution in [0.3, 0.4) is 0 Å². The number of fused-ring (bicyclic) bond motifs is 5. The van der Waals surface area contributed by atoms with Gasteiger partial charge in [-0.2, -0.15) is 0 Å². The van der Waals surface area contributed by atoms with E-state index < -0.39 is 5.97 Å². The van der Waals surface area contributed by atoms with Gasteiger partial charge in [0.15, 0.2) is 0 Å². The van der Waals surface area contributed by atoms with Crippen molar-refractivity contribution < 1.29 is 49.0 Å². The maximum atomic E-state index is 13.6. The normalized spacial score (nSPS) is 44.9. The molecule has 4 aliphatic rings. The van der Waals surface area contributed by atoms with Gasteiger partial charge in [-0.05, 0) is 85.9 Å². The molecule has 0 amide bonds. The van der Waals surface area contributed by atoms with Crippen molar-refractivity contribution in [1.82, 2.24) is 0 Å². The van der Waals surface area contributed by atoms with Gasteiger partial charge < -0.3 is 9.90 Å². The zero-order chi connectivity index (χ0) is 20.3. The predicted octanol–water partition coefficient (Wildman–Crippen LogP) is 0.564. The summed E-state index contributed by atoms with van der Waals surface area (Å²) in [5, 5.41) is 10.9. The molecule has 0 bridgehead atoms. The number of carbonyl (C=O) groups excluding carboxylic acids is 3. The average Bonchev–Trinajstić information content (AvgIpc) is 3.00. The molecule has 4 nitrogen and oxygen atoms in total. The fourth-order valence-electron chi connectivity index (χ4n) is 8.24. The molecule has 4 saturated carbocycles. The molecule has 29 heavy (non-hydrogen) atoms. The van der Waals surface area contributed by atoms with E-state index in [1.54, 1.807) is 0 Å². The van der Waals surface area contributed by atoms with E-state index in [9.17, 15) is 19.5 Å². The van der Waals surface area contributed by atoms with Crippen LogP contribution in [0.4, 0.5) is 0 Å². The van der Waals surface area contributed by atoms with Crippen molar-refractivity contribution in [3.05, 3.63) is 0 Å². The van der Waals surface area contributed by atoms with Crippen molar-refractivity contribution in [2.75, 3.05) is 0 Å². The van der Waals surface area contributed by atoms with E-state index in [0.29, 0.717) is 60.4 Å². The number of aliphatic carboxylic acids is 1. The molecule has 4 rings (SSSR count). The molecule has 4 aliphatic carbocycles. The van der Waals surface area contributed by atoms with Crippen LogP contribution in [0.1, 0.15) is 85.0 Å². The van der Waals surface area contributed by atoms with Gasteiger partial charge in [0, 0.05) is 30.6 Å². The Hall–Kier alpha value is -0.190. The molecule has 0 spiro atoms. The summed E-state index contributed by atoms with van der Waals surface area (Å²) >= 11 is 0. The number of carboxylic acids is 1. The first kappa shape index (κ1) is 23.5. The Morgan fingerprint density at radius 1 is 1.10 bits per heavy atom. The van der Waals surface area contributed by atoms with E-state index in [-0.39, 0.29) is 52.7 Å². The van der Waals surface area contributed by atoms with Crippen LogP contribution in [-0.4, -0.2) is 17.5 Å². The molecule has 156 valence electrons. The van der Waals surface area contributed by atoms with Crippen LogP contribution < -0.4 is 34.7 Å². The molecular formula is C24H35NaO4. The topological polar surface area (TPSA) is 74.3 Å². The van der Waals surface area contributed by atoms with Gasteiger partial charge in [0.1, 0.15) is 11.6 Å². The van der Waals surface area contributed by atoms with E-state index in [1.165, 1.54) is 0 Å². The minimum atomic E-state index is -0.986. The SMILES string of the molecule is C[C@H](CCC(=O)[O-])[C@H]1CC[C@H]2[C@@H]3CC[C@@H]4CC(=O)CC[C@]4(C)[C@H]3CC(=O)[C@]12C.[Na+]. The third kappa shape index (κ3) is 3.69. The van der Waals surface area contributed by atoms with Crippen molar-refractivity contribution in [2.45, 2.75) is 85.0 Å². The Bertz CT molecular complexity index is 690. The molecule has 0 radical (unpaired) electrons. The molecule has 0 heterocycles. The standard InChI is InChI=1S/C24H36O4.Na/c1-14(4-9-22(27)28)18-7-8-19-17-6-5-15-12-16(25)10-11-23(15,2)20(17)13-21(26)24(18,19)3;/h14-15,17-20H,4-13H2,1-3H3,(H,27,28);/q;+1/p-1/t14-,15-,17+,18-,19+,20+,23+,24-;/m1./s1. The Morgan fingerprint density at radius 3 is 2.52 bits per heavy atom. The number of Topliss-reactive ketones (excluding diaryl/α,β-unsaturated/α-hetero) is 2. The summed E-state index contributed by atoms with van der Waals surface area (Å²) in [5.74, 6) is 2.31. The molecule has 0 aromatic rings. The van der Waals surface area contributed by atoms with E-state index in [4.69, 9.17) is 0 Å². The fourth-order valence-corrected chi connectivity index (χ4v) is 8.24. The van der Waals surface area contributed by atoms with E-state index in [2.05, 4.69) is 20.8 Å². The van der Waals surface area contributed by atoms with Gasteiger partial charge in [0.05, 0.1) is 0 Å². The summed E-state index contributed by atoms with van der Waals surface area (Å²) in [6.45, 7) is 6.69. The van der Waals surface area contributed by atoms with Gasteiger partial charge in [-0.3, -0.25) is 9.59 Å². The molecule has 0 unspecified atom stereocenters. The molecule has 0 aromatic heterocycles. The van der Waals surface area contributed by atoms with Crippen molar-refractivity contribution in [3.63, 3.8) is 0 Å². The van der Waals surface area contributed by atoms with Gasteiger partial charge in [-0.1, -0.05) is 20.8 Å². The van der Waals surface area contributed by atoms with Gasteiger partial charge >= 0.3 is 29.6 Å². The summed E-state index contributed by atoms with van der Waals surface area (Å²) < 4.78 is 0. The smallest absolute Gasteiger partial charge is 0.550 e. The molecule has 0 N–H and O–H groups in total. The molecular weight excluding hydrogens is 375 g/mol. The second kappa shape index (κ2) is 8.39. The molecule has 0 aliphatic heterocycles. The average molecular weight is 411 g/mol. The largest absolute Gasteiger partial charge is 1.00 e. The summed E-state index contributed by atoms with van der Waals surface area (Å²) in [5.41, 5.74) is -0.146. The third-order valence-corrected chi connectivity index (χ3v) is 9.90. The second-order valence-electron chi connectivity index (χ2n) is 10.9. The zero-order valence-corrected chi connectivity index (χ0v) is 20.7. The van der Waals surface area contributed by atoms with Crippen LogP contribution >= 0.6 is 0 Å². The summed E-state index contributed by atoms with van der Waals surface area (Å²) in [4.78, 5) is 36.5. The second-order valence-corrected chi connectivity index (χ2v) is 10.9. The van der Waals surface area contributed by atoms with Crippen LogP contribution in [-0.2, 0) is 14.4 Å². The summed E-state index contributed by atoms with van der Waals surface area (Å²) in [6.07, 6.45) is 8.18. The Balaban J connectivity index is 0.00000240. The van der Waals surface area contributed by atoms with Crippen molar-refractivity contribution in [1.29, 1.82) is 0 Å². The van der Waals surface area contributed by atoms with Crippen LogP contribution in [0.5, 0.6) is 0 Å². The minimum absolute atomic E-state index is 0. The Morgan fingerprint density at radius 2 is 1.83 bits per heavy atom. The molecule has 4 fully saturated rings. The third-order valence-electron chi connectivity index (χ3n) is 9.90. The Labute approximate surface area is 197 Å². The van der Waals surface area contributed by atoms with E-state index in [1.807, 2.05) is 0 Å². The van der Waals surface area contributed by atoms with Gasteiger partial charge in [-0.15, -0.1) is 0 Å². The van der Waals surface area contributed by atoms with Crippen LogP contribution in [0.2, 0.25) is 0 Å².